The average Bonchev–Trinajstić information content (AvgIpc) is 2.47. The molecule has 1 atom stereocenters. The third-order valence-corrected chi connectivity index (χ3v) is 6.01. The molecule has 1 N–H and O–H groups in total. The molecule has 0 radical (unpaired) electrons. The van der Waals surface area contributed by atoms with Crippen molar-refractivity contribution in [3.05, 3.63) is 22.7 Å². The molecule has 1 unspecified atom stereocenters. The van der Waals surface area contributed by atoms with Crippen molar-refractivity contribution in [2.45, 2.75) is 17.7 Å². The zero-order valence-electron chi connectivity index (χ0n) is 11.5. The predicted octanol–water partition coefficient (Wildman–Crippen LogP) is 1.94. The number of carbonyl (C=O) groups is 1. The summed E-state index contributed by atoms with van der Waals surface area (Å²) in [6, 6.07) is 4.51. The Labute approximate surface area is 131 Å². The average molecular weight is 378 g/mol. The molecular weight excluding hydrogens is 362 g/mol. The number of sulfonamides is 1. The molecule has 0 aromatic heterocycles. The Balaban J connectivity index is 2.31. The summed E-state index contributed by atoms with van der Waals surface area (Å²) in [5.74, 6) is -1.18. The smallest absolute Gasteiger partial charge is 0.307 e. The zero-order valence-corrected chi connectivity index (χ0v) is 13.9. The van der Waals surface area contributed by atoms with E-state index >= 15 is 0 Å². The SMILES string of the molecule is COc1cc(S(=O)(=O)N2CCCC(C(=O)O)C2)ccc1Br. The van der Waals surface area contributed by atoms with E-state index in [-0.39, 0.29) is 11.4 Å². The van der Waals surface area contributed by atoms with Gasteiger partial charge >= 0.3 is 5.97 Å². The minimum Gasteiger partial charge on any atom is -0.496 e. The number of carboxylic acids is 1. The second-order valence-corrected chi connectivity index (χ2v) is 7.63. The standard InChI is InChI=1S/C13H16BrNO5S/c1-20-12-7-10(4-5-11(12)14)21(18,19)15-6-2-3-9(8-15)13(16)17/h4-5,7,9H,2-3,6,8H2,1H3,(H,16,17). The quantitative estimate of drug-likeness (QED) is 0.866. The molecule has 116 valence electrons. The molecule has 0 aliphatic carbocycles. The van der Waals surface area contributed by atoms with Gasteiger partial charge in [-0.25, -0.2) is 8.42 Å². The highest BCUT2D eigenvalue weighted by Crippen LogP contribution is 2.30. The van der Waals surface area contributed by atoms with Crippen LogP contribution in [0.1, 0.15) is 12.8 Å². The highest BCUT2D eigenvalue weighted by molar-refractivity contribution is 9.10. The lowest BCUT2D eigenvalue weighted by Crippen LogP contribution is -2.42. The minimum atomic E-state index is -3.71. The molecule has 1 heterocycles. The maximum atomic E-state index is 12.6. The van der Waals surface area contributed by atoms with E-state index in [1.54, 1.807) is 6.07 Å². The van der Waals surface area contributed by atoms with Gasteiger partial charge in [-0.3, -0.25) is 4.79 Å². The van der Waals surface area contributed by atoms with Gasteiger partial charge in [0.05, 0.1) is 22.4 Å². The Morgan fingerprint density at radius 1 is 1.48 bits per heavy atom. The Hall–Kier alpha value is -1.12. The summed E-state index contributed by atoms with van der Waals surface area (Å²) in [6.07, 6.45) is 1.05. The van der Waals surface area contributed by atoms with E-state index in [0.29, 0.717) is 29.6 Å². The Morgan fingerprint density at radius 2 is 2.19 bits per heavy atom. The van der Waals surface area contributed by atoms with Crippen LogP contribution >= 0.6 is 15.9 Å². The summed E-state index contributed by atoms with van der Waals surface area (Å²) < 4.78 is 32.2. The minimum absolute atomic E-state index is 0.00997. The van der Waals surface area contributed by atoms with E-state index in [9.17, 15) is 13.2 Å². The van der Waals surface area contributed by atoms with Crippen LogP contribution in [0.25, 0.3) is 0 Å². The largest absolute Gasteiger partial charge is 0.496 e. The lowest BCUT2D eigenvalue weighted by molar-refractivity contribution is -0.142. The Bertz CT molecular complexity index is 646. The molecule has 1 aromatic rings. The third-order valence-electron chi connectivity index (χ3n) is 3.49. The van der Waals surface area contributed by atoms with Gasteiger partial charge in [-0.05, 0) is 40.9 Å². The van der Waals surface area contributed by atoms with Gasteiger partial charge in [0, 0.05) is 19.2 Å². The monoisotopic (exact) mass is 377 g/mol. The van der Waals surface area contributed by atoms with Crippen LogP contribution in [0.2, 0.25) is 0 Å². The van der Waals surface area contributed by atoms with Crippen molar-refractivity contribution in [3.8, 4) is 5.75 Å². The van der Waals surface area contributed by atoms with Gasteiger partial charge in [0.1, 0.15) is 5.75 Å². The summed E-state index contributed by atoms with van der Waals surface area (Å²) in [5.41, 5.74) is 0. The number of nitrogens with zero attached hydrogens (tertiary/aromatic N) is 1. The number of carboxylic acid groups (broad SMARTS) is 1. The number of hydrogen-bond donors (Lipinski definition) is 1. The van der Waals surface area contributed by atoms with Crippen LogP contribution in [0, 0.1) is 5.92 Å². The van der Waals surface area contributed by atoms with E-state index in [2.05, 4.69) is 15.9 Å². The first kappa shape index (κ1) is 16.3. The fraction of sp³-hybridized carbons (Fsp3) is 0.462. The maximum absolute atomic E-state index is 12.6. The third kappa shape index (κ3) is 3.38. The second-order valence-electron chi connectivity index (χ2n) is 4.84. The summed E-state index contributed by atoms with van der Waals surface area (Å²) >= 11 is 3.27. The van der Waals surface area contributed by atoms with E-state index in [0.717, 1.165) is 0 Å². The van der Waals surface area contributed by atoms with Crippen molar-refractivity contribution in [1.82, 2.24) is 4.31 Å². The van der Waals surface area contributed by atoms with Crippen LogP contribution in [-0.2, 0) is 14.8 Å². The summed E-state index contributed by atoms with van der Waals surface area (Å²) in [5, 5.41) is 9.06. The fourth-order valence-corrected chi connectivity index (χ4v) is 4.26. The summed E-state index contributed by atoms with van der Waals surface area (Å²) in [7, 11) is -2.25. The Morgan fingerprint density at radius 3 is 2.81 bits per heavy atom. The van der Waals surface area contributed by atoms with E-state index in [1.165, 1.54) is 23.5 Å². The first-order valence-corrected chi connectivity index (χ1v) is 8.66. The number of piperidine rings is 1. The molecule has 1 aliphatic rings. The van der Waals surface area contributed by atoms with Crippen LogP contribution in [0.5, 0.6) is 5.75 Å². The van der Waals surface area contributed by atoms with Crippen molar-refractivity contribution >= 4 is 31.9 Å². The molecule has 8 heteroatoms. The van der Waals surface area contributed by atoms with Crippen molar-refractivity contribution in [2.75, 3.05) is 20.2 Å². The van der Waals surface area contributed by atoms with Gasteiger partial charge in [-0.1, -0.05) is 0 Å². The molecule has 1 fully saturated rings. The van der Waals surface area contributed by atoms with Crippen molar-refractivity contribution in [3.63, 3.8) is 0 Å². The van der Waals surface area contributed by atoms with Crippen LogP contribution in [0.15, 0.2) is 27.6 Å². The molecule has 6 nitrogen and oxygen atoms in total. The normalized spacial score (nSPS) is 20.2. The number of hydrogen-bond acceptors (Lipinski definition) is 4. The highest BCUT2D eigenvalue weighted by Gasteiger charge is 2.33. The number of methoxy groups -OCH3 is 1. The van der Waals surface area contributed by atoms with Crippen LogP contribution in [0.4, 0.5) is 0 Å². The zero-order chi connectivity index (χ0) is 15.6. The van der Waals surface area contributed by atoms with Crippen molar-refractivity contribution in [1.29, 1.82) is 0 Å². The molecule has 0 spiro atoms. The number of benzene rings is 1. The van der Waals surface area contributed by atoms with E-state index in [1.807, 2.05) is 0 Å². The fourth-order valence-electron chi connectivity index (χ4n) is 2.31. The molecular formula is C13H16BrNO5S. The van der Waals surface area contributed by atoms with Gasteiger partial charge in [-0.2, -0.15) is 4.31 Å². The molecule has 21 heavy (non-hydrogen) atoms. The van der Waals surface area contributed by atoms with Gasteiger partial charge in [0.25, 0.3) is 0 Å². The molecule has 0 amide bonds. The first-order chi connectivity index (χ1) is 9.86. The lowest BCUT2D eigenvalue weighted by atomic mass is 10.0. The van der Waals surface area contributed by atoms with Gasteiger partial charge in [0.15, 0.2) is 0 Å². The molecule has 0 bridgehead atoms. The molecule has 1 aliphatic heterocycles. The first-order valence-electron chi connectivity index (χ1n) is 6.42. The molecule has 1 aromatic carbocycles. The van der Waals surface area contributed by atoms with Crippen LogP contribution < -0.4 is 4.74 Å². The number of rotatable bonds is 4. The number of ether oxygens (including phenoxy) is 1. The summed E-state index contributed by atoms with van der Waals surface area (Å²) in [6.45, 7) is 0.348. The number of aliphatic carboxylic acids is 1. The van der Waals surface area contributed by atoms with Gasteiger partial charge in [-0.15, -0.1) is 0 Å². The highest BCUT2D eigenvalue weighted by atomic mass is 79.9. The van der Waals surface area contributed by atoms with Crippen molar-refractivity contribution < 1.29 is 23.1 Å². The Kier molecular flexibility index (Phi) is 4.90. The van der Waals surface area contributed by atoms with E-state index < -0.39 is 21.9 Å². The van der Waals surface area contributed by atoms with Crippen molar-refractivity contribution in [2.24, 2.45) is 5.92 Å². The number of halogens is 1. The second kappa shape index (κ2) is 6.33. The molecule has 0 saturated carbocycles. The lowest BCUT2D eigenvalue weighted by Gasteiger charge is -2.29. The van der Waals surface area contributed by atoms with Gasteiger partial charge < -0.3 is 9.84 Å². The molecule has 2 rings (SSSR count). The summed E-state index contributed by atoms with van der Waals surface area (Å²) in [4.78, 5) is 11.2. The molecule has 1 saturated heterocycles. The maximum Gasteiger partial charge on any atom is 0.307 e. The van der Waals surface area contributed by atoms with Crippen LogP contribution in [0.3, 0.4) is 0 Å². The van der Waals surface area contributed by atoms with Gasteiger partial charge in [0.2, 0.25) is 10.0 Å². The van der Waals surface area contributed by atoms with Crippen LogP contribution in [-0.4, -0.2) is 44.0 Å². The topological polar surface area (TPSA) is 83.9 Å². The van der Waals surface area contributed by atoms with E-state index in [4.69, 9.17) is 9.84 Å². The predicted molar refractivity (Wildman–Crippen MR) is 79.8 cm³/mol.